The number of aromatic nitrogens is 3. The highest BCUT2D eigenvalue weighted by atomic mass is 32.2. The largest absolute Gasteiger partial charge is 0.573 e. The molecule has 0 aliphatic heterocycles. The van der Waals surface area contributed by atoms with Gasteiger partial charge in [0, 0.05) is 74.2 Å². The molecule has 0 radical (unpaired) electrons. The lowest BCUT2D eigenvalue weighted by molar-refractivity contribution is -0.275. The molecule has 133 heavy (non-hydrogen) atoms. The minimum Gasteiger partial charge on any atom is -0.445 e. The van der Waals surface area contributed by atoms with Crippen molar-refractivity contribution in [2.45, 2.75) is 89.8 Å². The maximum atomic E-state index is 13.7. The minimum atomic E-state index is -5.14. The number of hydrogen-bond donors (Lipinski definition) is 0. The van der Waals surface area contributed by atoms with E-state index in [0.717, 1.165) is 109 Å². The molecule has 9 aromatic carbocycles. The van der Waals surface area contributed by atoms with Gasteiger partial charge in [0.15, 0.2) is 55.0 Å². The summed E-state index contributed by atoms with van der Waals surface area (Å²) in [5.41, 5.74) is 0.273. The highest BCUT2D eigenvalue weighted by Crippen LogP contribution is 2.42. The molecule has 0 aliphatic rings. The smallest absolute Gasteiger partial charge is 0.445 e. The van der Waals surface area contributed by atoms with Gasteiger partial charge in [-0.05, 0) is 151 Å². The number of ketones is 4. The van der Waals surface area contributed by atoms with Gasteiger partial charge in [-0.15, -0.1) is 26.3 Å². The second-order valence-corrected chi connectivity index (χ2v) is 38.6. The van der Waals surface area contributed by atoms with Crippen molar-refractivity contribution in [1.29, 1.82) is 0 Å². The molecule has 3 aromatic heterocycles. The number of halogens is 9. The van der Waals surface area contributed by atoms with E-state index in [1.54, 1.807) is 49.4 Å². The number of benzene rings is 9. The molecule has 0 unspecified atom stereocenters. The van der Waals surface area contributed by atoms with Crippen LogP contribution in [0.2, 0.25) is 0 Å². The van der Waals surface area contributed by atoms with Gasteiger partial charge < -0.3 is 23.7 Å². The summed E-state index contributed by atoms with van der Waals surface area (Å²) in [5, 5.41) is 1.21. The Morgan fingerprint density at radius 3 is 0.699 bits per heavy atom. The van der Waals surface area contributed by atoms with Gasteiger partial charge in [-0.3, -0.25) is 46.5 Å². The van der Waals surface area contributed by atoms with Crippen LogP contribution in [0.3, 0.4) is 0 Å². The Labute approximate surface area is 753 Å². The first-order valence-corrected chi connectivity index (χ1v) is 46.9. The van der Waals surface area contributed by atoms with E-state index in [1.807, 2.05) is 0 Å². The van der Waals surface area contributed by atoms with Gasteiger partial charge in [0.25, 0.3) is 85.3 Å². The molecule has 48 heteroatoms. The Morgan fingerprint density at radius 2 is 0.504 bits per heavy atom. The number of ether oxygens (including phenoxy) is 5. The number of Topliss-reactive ketones (excluding diaryl/α,β-unsaturated/α-hetero) is 4. The number of hydrogen-bond acceptors (Lipinski definition) is 27. The Kier molecular flexibility index (Phi) is 31.1. The molecular formula is C85H72F9N9O24S6. The summed E-state index contributed by atoms with van der Waals surface area (Å²) in [6.45, 7) is 5.91. The van der Waals surface area contributed by atoms with Crippen molar-refractivity contribution in [2.75, 3.05) is 65.7 Å². The number of nitrogens with zero attached hydrogens (tertiary/aromatic N) is 9. The summed E-state index contributed by atoms with van der Waals surface area (Å²) >= 11 is 0. The van der Waals surface area contributed by atoms with Crippen molar-refractivity contribution in [3.05, 3.63) is 259 Å². The summed E-state index contributed by atoms with van der Waals surface area (Å²) in [6.07, 6.45) is -11.7. The fourth-order valence-corrected chi connectivity index (χ4v) is 21.4. The highest BCUT2D eigenvalue weighted by molar-refractivity contribution is 7.94. The van der Waals surface area contributed by atoms with Gasteiger partial charge in [-0.25, -0.2) is 78.4 Å². The number of anilines is 6. The monoisotopic (exact) mass is 1970 g/mol. The third-order valence-corrected chi connectivity index (χ3v) is 30.1. The lowest BCUT2D eigenvalue weighted by Crippen LogP contribution is -2.35. The molecule has 0 saturated carbocycles. The molecule has 0 atom stereocenters. The van der Waals surface area contributed by atoms with E-state index in [0.29, 0.717) is 14.2 Å². The molecule has 3 heterocycles. The van der Waals surface area contributed by atoms with Crippen LogP contribution in [0.25, 0.3) is 32.3 Å². The minimum absolute atomic E-state index is 0.00210. The van der Waals surface area contributed by atoms with Crippen molar-refractivity contribution in [2.24, 2.45) is 0 Å². The maximum absolute atomic E-state index is 13.7. The van der Waals surface area contributed by atoms with Crippen LogP contribution < -0.4 is 35.3 Å². The number of pyridine rings is 3. The number of carbonyl (C=O) groups excluding carboxylic acids is 7. The molecule has 0 bridgehead atoms. The van der Waals surface area contributed by atoms with Crippen LogP contribution in [0.4, 0.5) is 74.0 Å². The van der Waals surface area contributed by atoms with Gasteiger partial charge in [0.1, 0.15) is 11.5 Å². The number of carbonyl (C=O) groups is 7. The maximum Gasteiger partial charge on any atom is 0.573 e. The van der Waals surface area contributed by atoms with E-state index < -0.39 is 132 Å². The molecule has 0 saturated heterocycles. The molecule has 0 spiro atoms. The second kappa shape index (κ2) is 41.1. The Hall–Kier alpha value is -14.2. The molecule has 12 rings (SSSR count). The molecule has 0 N–H and O–H groups in total. The zero-order chi connectivity index (χ0) is 97.7. The summed E-state index contributed by atoms with van der Waals surface area (Å²) in [4.78, 5) is 90.7. The summed E-state index contributed by atoms with van der Waals surface area (Å²) < 4.78 is 305. The SMILES string of the molecule is CCN(c1cnc(N(COC=O)S(=O)(=O)c2ccc(C(C)=O)cc2)c2ccccc12)S(=O)(=O)c1ccc(C(=O)C(F)(F)F)cc1.CCN(c1cnc(N(COC=O)S(=O)(=O)c2ccc(C(C)=O)cc2)c2ccccc12)S(=O)(=O)c1ccc(OC(F)(F)F)cc1.CCN(c1cnc(N(COC=O)S(=O)(=O)c2ccc(OC(F)(F)F)cc2)c2ccccc12)S(=O)(=O)c1ccc(C(C)=O)cc1. The molecule has 0 fully saturated rings. The van der Waals surface area contributed by atoms with E-state index in [1.165, 1.54) is 138 Å². The van der Waals surface area contributed by atoms with Crippen LogP contribution in [-0.4, -0.2) is 167 Å². The van der Waals surface area contributed by atoms with E-state index in [2.05, 4.69) is 24.4 Å². The first-order valence-electron chi connectivity index (χ1n) is 38.3. The van der Waals surface area contributed by atoms with E-state index in [9.17, 15) is 124 Å². The van der Waals surface area contributed by atoms with Gasteiger partial charge in [-0.1, -0.05) is 109 Å². The van der Waals surface area contributed by atoms with Crippen LogP contribution >= 0.6 is 0 Å². The van der Waals surface area contributed by atoms with Gasteiger partial charge in [-0.2, -0.15) is 13.2 Å². The zero-order valence-corrected chi connectivity index (χ0v) is 74.6. The fraction of sp³-hybridized carbons (Fsp3) is 0.176. The van der Waals surface area contributed by atoms with Crippen LogP contribution in [0, 0.1) is 0 Å². The zero-order valence-electron chi connectivity index (χ0n) is 69.7. The van der Waals surface area contributed by atoms with Crippen LogP contribution in [0.1, 0.15) is 83.0 Å². The average molecular weight is 1970 g/mol. The predicted molar refractivity (Wildman–Crippen MR) is 463 cm³/mol. The normalized spacial score (nSPS) is 12.0. The van der Waals surface area contributed by atoms with E-state index >= 15 is 0 Å². The van der Waals surface area contributed by atoms with Crippen LogP contribution in [0.15, 0.2) is 266 Å². The summed E-state index contributed by atoms with van der Waals surface area (Å²) in [5.74, 6) is -4.85. The van der Waals surface area contributed by atoms with Gasteiger partial charge >= 0.3 is 18.9 Å². The average Bonchev–Trinajstić information content (AvgIpc) is 0.753. The summed E-state index contributed by atoms with van der Waals surface area (Å²) in [7, 11) is -26.5. The molecular weight excluding hydrogens is 1890 g/mol. The van der Waals surface area contributed by atoms with Crippen molar-refractivity contribution < 1.29 is 147 Å². The van der Waals surface area contributed by atoms with Crippen molar-refractivity contribution in [3.8, 4) is 11.5 Å². The molecule has 700 valence electrons. The number of alkyl halides is 9. The van der Waals surface area contributed by atoms with E-state index in [-0.39, 0.29) is 154 Å². The van der Waals surface area contributed by atoms with Gasteiger partial charge in [0.2, 0.25) is 0 Å². The first kappa shape index (κ1) is 101. The highest BCUT2D eigenvalue weighted by Gasteiger charge is 2.41. The lowest BCUT2D eigenvalue weighted by atomic mass is 10.1. The lowest BCUT2D eigenvalue weighted by Gasteiger charge is -2.27. The summed E-state index contributed by atoms with van der Waals surface area (Å²) in [6, 6.07) is 44.2. The topological polar surface area (TPSA) is 429 Å². The Balaban J connectivity index is 0.000000207. The Morgan fingerprint density at radius 1 is 0.301 bits per heavy atom. The fourth-order valence-electron chi connectivity index (χ4n) is 13.0. The van der Waals surface area contributed by atoms with Gasteiger partial charge in [0.05, 0.1) is 65.0 Å². The number of rotatable bonds is 36. The van der Waals surface area contributed by atoms with Crippen molar-refractivity contribution in [3.63, 3.8) is 0 Å². The second-order valence-electron chi connectivity index (χ2n) is 27.4. The third-order valence-electron chi connectivity index (χ3n) is 19.2. The molecule has 33 nitrogen and oxygen atoms in total. The Bertz CT molecular complexity index is 7130. The molecule has 12 aromatic rings. The molecule has 0 amide bonds. The van der Waals surface area contributed by atoms with Crippen LogP contribution in [0.5, 0.6) is 11.5 Å². The van der Waals surface area contributed by atoms with Crippen molar-refractivity contribution in [1.82, 2.24) is 15.0 Å². The number of fused-ring (bicyclic) bond motifs is 3. The van der Waals surface area contributed by atoms with Crippen molar-refractivity contribution >= 4 is 170 Å². The first-order chi connectivity index (χ1) is 62.5. The number of sulfonamides is 6. The predicted octanol–water partition coefficient (Wildman–Crippen LogP) is 14.5. The quantitative estimate of drug-likeness (QED) is 0.0116. The standard InChI is InChI=1S/C29H24F3N3O8S2.2C28H24F3N3O8S2/c1-3-34(44(39,40)22-14-10-21(11-15-22)27(38)29(30,31)32)26-16-33-28(25-7-5-4-6-24(25)26)35(17-43-18-36)45(41,42)23-12-8-20(9-13-23)19(2)37;1-3-33(43(37,38)23-14-10-21(11-15-23)42-28(29,30)31)26-16-32-27(25-7-5-4-6-24(25)26)34(17-41-18-35)44(39,40)22-12-8-20(9-13-22)19(2)36;1-3-33(43(37,38)22-12-8-20(9-13-22)19(2)36)26-16-32-27(25-7-5-4-6-24(25)26)34(17-41-18-35)44(39,40)23-14-10-21(11-15-23)42-28(29,30)31/h4-16,18H,3,17H2,1-2H3;2*4-16,18H,3,17H2,1-2H3. The third kappa shape index (κ3) is 22.7. The van der Waals surface area contributed by atoms with E-state index in [4.69, 9.17) is 14.2 Å². The molecule has 0 aliphatic carbocycles. The van der Waals surface area contributed by atoms with Crippen LogP contribution in [-0.2, 0) is 88.7 Å².